The zero-order chi connectivity index (χ0) is 36.7. The maximum atomic E-state index is 13.5. The summed E-state index contributed by atoms with van der Waals surface area (Å²) >= 11 is 0. The number of methoxy groups -OCH3 is 1. The van der Waals surface area contributed by atoms with Gasteiger partial charge in [-0.05, 0) is 92.1 Å². The van der Waals surface area contributed by atoms with Crippen LogP contribution in [0.15, 0.2) is 65.1 Å². The monoisotopic (exact) mass is 710 g/mol. The lowest BCUT2D eigenvalue weighted by Gasteiger charge is -2.22. The van der Waals surface area contributed by atoms with Gasteiger partial charge in [0.1, 0.15) is 17.3 Å². The summed E-state index contributed by atoms with van der Waals surface area (Å²) < 4.78 is 43.8. The number of aromatic nitrogens is 2. The van der Waals surface area contributed by atoms with Gasteiger partial charge in [-0.3, -0.25) is 14.6 Å². The Bertz CT molecular complexity index is 2130. The van der Waals surface area contributed by atoms with Gasteiger partial charge in [0.2, 0.25) is 11.8 Å². The van der Waals surface area contributed by atoms with E-state index in [4.69, 9.17) is 23.9 Å². The van der Waals surface area contributed by atoms with E-state index in [1.54, 1.807) is 18.1 Å². The average Bonchev–Trinajstić information content (AvgIpc) is 3.83. The van der Waals surface area contributed by atoms with E-state index in [1.165, 1.54) is 12.5 Å². The third-order valence-corrected chi connectivity index (χ3v) is 10.6. The predicted octanol–water partition coefficient (Wildman–Crippen LogP) is 8.73. The van der Waals surface area contributed by atoms with Gasteiger partial charge >= 0.3 is 12.6 Å². The number of hydrogen-bond acceptors (Lipinski definition) is 8. The SMILES string of the molecule is COc1nc(-c2cccc(-c3cccc(-c4nc5cc(CN6CCC[C@H]6C(=O)O)c(OC(F)F)cc5o4)c3C)c2C)ccc1CN1CCC(C)(C)C1. The van der Waals surface area contributed by atoms with Gasteiger partial charge in [0.25, 0.3) is 0 Å². The first-order valence-electron chi connectivity index (χ1n) is 17.7. The number of benzene rings is 3. The fourth-order valence-electron chi connectivity index (χ4n) is 7.84. The first-order chi connectivity index (χ1) is 24.9. The standard InChI is InChI=1S/C41H44F2N4O5/c1-24-28(9-6-11-30(24)32-15-14-26(37(44-32)50-5)21-46-18-16-41(3,4)23-46)29-10-7-12-31(25(29)2)38-45-33-19-27(22-47-17-8-13-34(47)39(48)49)35(52-40(42)43)20-36(33)51-38/h6-7,9-12,14-15,19-20,34,40H,8,13,16-18,21-23H2,1-5H3,(H,48,49)/t34-/m0/s1. The molecule has 1 N–H and O–H groups in total. The lowest BCUT2D eigenvalue weighted by molar-refractivity contribution is -0.142. The molecule has 0 aliphatic carbocycles. The van der Waals surface area contributed by atoms with E-state index < -0.39 is 18.6 Å². The molecule has 0 radical (unpaired) electrons. The van der Waals surface area contributed by atoms with Gasteiger partial charge in [0.15, 0.2) is 5.58 Å². The summed E-state index contributed by atoms with van der Waals surface area (Å²) in [6.07, 6.45) is 2.39. The molecule has 5 aromatic rings. The van der Waals surface area contributed by atoms with E-state index in [-0.39, 0.29) is 12.3 Å². The molecule has 2 fully saturated rings. The summed E-state index contributed by atoms with van der Waals surface area (Å²) in [4.78, 5) is 25.7. The zero-order valence-corrected chi connectivity index (χ0v) is 30.2. The van der Waals surface area contributed by atoms with Crippen LogP contribution in [-0.2, 0) is 17.9 Å². The van der Waals surface area contributed by atoms with Crippen molar-refractivity contribution in [1.29, 1.82) is 0 Å². The van der Waals surface area contributed by atoms with Crippen molar-refractivity contribution in [3.8, 4) is 45.5 Å². The fraction of sp³-hybridized carbons (Fsp3) is 0.390. The van der Waals surface area contributed by atoms with Gasteiger partial charge in [-0.15, -0.1) is 0 Å². The Morgan fingerprint density at radius 1 is 0.962 bits per heavy atom. The second kappa shape index (κ2) is 14.3. The van der Waals surface area contributed by atoms with Gasteiger partial charge in [-0.25, -0.2) is 9.97 Å². The summed E-state index contributed by atoms with van der Waals surface area (Å²) in [5.41, 5.74) is 9.19. The summed E-state index contributed by atoms with van der Waals surface area (Å²) in [5.74, 6) is -0.0111. The minimum atomic E-state index is -3.05. The number of hydrogen-bond donors (Lipinski definition) is 1. The van der Waals surface area contributed by atoms with Crippen LogP contribution >= 0.6 is 0 Å². The lowest BCUT2D eigenvalue weighted by atomic mass is 9.90. The molecular formula is C41H44F2N4O5. The van der Waals surface area contributed by atoms with E-state index in [1.807, 2.05) is 25.1 Å². The van der Waals surface area contributed by atoms with E-state index in [0.29, 0.717) is 53.2 Å². The molecule has 3 aromatic carbocycles. The summed E-state index contributed by atoms with van der Waals surface area (Å²) in [5, 5.41) is 9.66. The second-order valence-electron chi connectivity index (χ2n) is 14.7. The van der Waals surface area contributed by atoms with Crippen LogP contribution in [0, 0.1) is 19.3 Å². The van der Waals surface area contributed by atoms with Crippen LogP contribution < -0.4 is 9.47 Å². The highest BCUT2D eigenvalue weighted by molar-refractivity contribution is 5.84. The van der Waals surface area contributed by atoms with Gasteiger partial charge in [-0.1, -0.05) is 50.2 Å². The van der Waals surface area contributed by atoms with Crippen LogP contribution in [0.25, 0.3) is 44.9 Å². The number of pyridine rings is 1. The third-order valence-electron chi connectivity index (χ3n) is 10.6. The van der Waals surface area contributed by atoms with Crippen LogP contribution in [0.2, 0.25) is 0 Å². The molecule has 0 unspecified atom stereocenters. The molecule has 0 amide bonds. The number of aliphatic carboxylic acids is 1. The van der Waals surface area contributed by atoms with Gasteiger partial charge in [0.05, 0.1) is 12.8 Å². The minimum absolute atomic E-state index is 0.0579. The normalized spacial score (nSPS) is 17.7. The highest BCUT2D eigenvalue weighted by atomic mass is 19.3. The highest BCUT2D eigenvalue weighted by Gasteiger charge is 2.32. The first-order valence-corrected chi connectivity index (χ1v) is 17.7. The molecule has 0 spiro atoms. The molecule has 1 atom stereocenters. The number of rotatable bonds is 11. The van der Waals surface area contributed by atoms with Crippen molar-refractivity contribution < 1.29 is 32.6 Å². The topological polar surface area (TPSA) is 101 Å². The first kappa shape index (κ1) is 35.5. The number of carboxylic acids is 1. The smallest absolute Gasteiger partial charge is 0.387 e. The van der Waals surface area contributed by atoms with Crippen molar-refractivity contribution in [1.82, 2.24) is 19.8 Å². The summed E-state index contributed by atoms with van der Waals surface area (Å²) in [6, 6.07) is 18.7. The van der Waals surface area contributed by atoms with Crippen molar-refractivity contribution in [2.24, 2.45) is 5.41 Å². The van der Waals surface area contributed by atoms with Gasteiger partial charge in [-0.2, -0.15) is 8.78 Å². The fourth-order valence-corrected chi connectivity index (χ4v) is 7.84. The number of halogens is 2. The van der Waals surface area contributed by atoms with E-state index in [9.17, 15) is 18.7 Å². The molecule has 2 saturated heterocycles. The van der Waals surface area contributed by atoms with Crippen molar-refractivity contribution >= 4 is 17.1 Å². The summed E-state index contributed by atoms with van der Waals surface area (Å²) in [6.45, 7) is 9.25. The average molecular weight is 711 g/mol. The Morgan fingerprint density at radius 3 is 2.35 bits per heavy atom. The Hall–Kier alpha value is -4.87. The van der Waals surface area contributed by atoms with E-state index >= 15 is 0 Å². The second-order valence-corrected chi connectivity index (χ2v) is 14.7. The maximum Gasteiger partial charge on any atom is 0.387 e. The molecule has 2 aliphatic rings. The molecule has 272 valence electrons. The molecule has 2 aromatic heterocycles. The number of likely N-dealkylation sites (tertiary alicyclic amines) is 2. The van der Waals surface area contributed by atoms with Crippen LogP contribution in [0.5, 0.6) is 11.6 Å². The quantitative estimate of drug-likeness (QED) is 0.144. The van der Waals surface area contributed by atoms with Gasteiger partial charge < -0.3 is 19.0 Å². The molecule has 0 saturated carbocycles. The van der Waals surface area contributed by atoms with Crippen LogP contribution in [0.1, 0.15) is 55.4 Å². The van der Waals surface area contributed by atoms with Crippen LogP contribution in [-0.4, -0.2) is 70.2 Å². The molecular weight excluding hydrogens is 666 g/mol. The summed E-state index contributed by atoms with van der Waals surface area (Å²) in [7, 11) is 1.67. The zero-order valence-electron chi connectivity index (χ0n) is 30.2. The van der Waals surface area contributed by atoms with Crippen molar-refractivity contribution in [2.75, 3.05) is 26.7 Å². The van der Waals surface area contributed by atoms with Gasteiger partial charge in [0, 0.05) is 48.0 Å². The predicted molar refractivity (Wildman–Crippen MR) is 196 cm³/mol. The number of ether oxygens (including phenoxy) is 2. The van der Waals surface area contributed by atoms with Crippen molar-refractivity contribution in [3.63, 3.8) is 0 Å². The molecule has 7 rings (SSSR count). The van der Waals surface area contributed by atoms with Crippen molar-refractivity contribution in [3.05, 3.63) is 82.9 Å². The third kappa shape index (κ3) is 7.12. The molecule has 0 bridgehead atoms. The van der Waals surface area contributed by atoms with Crippen molar-refractivity contribution in [2.45, 2.75) is 72.7 Å². The molecule has 9 nitrogen and oxygen atoms in total. The Morgan fingerprint density at radius 2 is 1.67 bits per heavy atom. The molecule has 2 aliphatic heterocycles. The van der Waals surface area contributed by atoms with Crippen LogP contribution in [0.4, 0.5) is 8.78 Å². The molecule has 11 heteroatoms. The lowest BCUT2D eigenvalue weighted by Crippen LogP contribution is -2.35. The Balaban J connectivity index is 1.20. The molecule has 4 heterocycles. The Labute approximate surface area is 302 Å². The van der Waals surface area contributed by atoms with E-state index in [2.05, 4.69) is 56.0 Å². The number of oxazole rings is 1. The Kier molecular flexibility index (Phi) is 9.75. The minimum Gasteiger partial charge on any atom is -0.481 e. The largest absolute Gasteiger partial charge is 0.481 e. The number of nitrogens with zero attached hydrogens (tertiary/aromatic N) is 4. The van der Waals surface area contributed by atoms with Crippen LogP contribution in [0.3, 0.4) is 0 Å². The number of alkyl halides is 2. The highest BCUT2D eigenvalue weighted by Crippen LogP contribution is 2.39. The maximum absolute atomic E-state index is 13.5. The molecule has 52 heavy (non-hydrogen) atoms. The van der Waals surface area contributed by atoms with E-state index in [0.717, 1.165) is 64.3 Å². The number of carbonyl (C=O) groups is 1. The number of carboxylic acid groups (broad SMARTS) is 1. The number of fused-ring (bicyclic) bond motifs is 1.